The molecule has 0 heterocycles. The Labute approximate surface area is 169 Å². The molecule has 0 aromatic heterocycles. The third-order valence-electron chi connectivity index (χ3n) is 3.24. The number of ether oxygens (including phenoxy) is 2. The van der Waals surface area contributed by atoms with Crippen LogP contribution in [-0.2, 0) is 0 Å². The molecule has 0 atom stereocenters. The second-order valence-electron chi connectivity index (χ2n) is 4.70. The minimum atomic E-state index is -0.272. The summed E-state index contributed by atoms with van der Waals surface area (Å²) in [6, 6.07) is 8.28. The van der Waals surface area contributed by atoms with Gasteiger partial charge in [-0.2, -0.15) is 22.8 Å². The van der Waals surface area contributed by atoms with Gasteiger partial charge >= 0.3 is 0 Å². The predicted molar refractivity (Wildman–Crippen MR) is 97.6 cm³/mol. The molecule has 0 aliphatic heterocycles. The minimum Gasteiger partial charge on any atom is -0.388 e. The van der Waals surface area contributed by atoms with Crippen LogP contribution in [0.4, 0.5) is 0 Å². The van der Waals surface area contributed by atoms with Crippen LogP contribution in [0.2, 0.25) is 0 Å². The van der Waals surface area contributed by atoms with E-state index >= 15 is 0 Å². The first-order chi connectivity index (χ1) is 13.5. The van der Waals surface area contributed by atoms with Gasteiger partial charge in [-0.3, -0.25) is 0 Å². The SMILES string of the molecule is [C-]#[N+]Oc1ccc(OC#N)c(C(=C(Cl)Cl)c2cc(OC#N)ccc2O[N+]#[C-])c1. The summed E-state index contributed by atoms with van der Waals surface area (Å²) in [5.41, 5.74) is 0.434. The molecule has 0 N–H and O–H groups in total. The van der Waals surface area contributed by atoms with Gasteiger partial charge in [0.1, 0.15) is 16.0 Å². The molecule has 0 fully saturated rings. The second kappa shape index (κ2) is 9.57. The third-order valence-corrected chi connectivity index (χ3v) is 3.62. The summed E-state index contributed by atoms with van der Waals surface area (Å²) in [6.07, 6.45) is 3.06. The van der Waals surface area contributed by atoms with Crippen molar-refractivity contribution in [1.82, 2.24) is 0 Å². The molecule has 0 spiro atoms. The Bertz CT molecular complexity index is 1020. The van der Waals surface area contributed by atoms with E-state index in [0.29, 0.717) is 0 Å². The Morgan fingerprint density at radius 3 is 2.00 bits per heavy atom. The summed E-state index contributed by atoms with van der Waals surface area (Å²) >= 11 is 12.2. The van der Waals surface area contributed by atoms with Crippen LogP contribution in [-0.4, -0.2) is 0 Å². The van der Waals surface area contributed by atoms with Crippen molar-refractivity contribution >= 4 is 28.8 Å². The molecule has 136 valence electrons. The molecule has 0 radical (unpaired) electrons. The highest BCUT2D eigenvalue weighted by Crippen LogP contribution is 2.43. The topological polar surface area (TPSA) is 93.2 Å². The maximum absolute atomic E-state index is 8.91. The number of hydrogen-bond donors (Lipinski definition) is 0. The summed E-state index contributed by atoms with van der Waals surface area (Å²) in [6.45, 7) is 13.8. The van der Waals surface area contributed by atoms with Crippen LogP contribution in [0, 0.1) is 36.2 Å². The lowest BCUT2D eigenvalue weighted by Crippen LogP contribution is -1.98. The average molecular weight is 413 g/mol. The molecule has 0 saturated heterocycles. The Balaban J connectivity index is 2.80. The van der Waals surface area contributed by atoms with Crippen LogP contribution in [0.5, 0.6) is 23.0 Å². The summed E-state index contributed by atoms with van der Waals surface area (Å²) in [5, 5.41) is 23.3. The van der Waals surface area contributed by atoms with Crippen LogP contribution in [0.1, 0.15) is 11.1 Å². The number of benzene rings is 2. The van der Waals surface area contributed by atoms with Crippen LogP contribution in [0.3, 0.4) is 0 Å². The lowest BCUT2D eigenvalue weighted by molar-refractivity contribution is 0.465. The monoisotopic (exact) mass is 412 g/mol. The molecule has 2 aromatic rings. The van der Waals surface area contributed by atoms with Gasteiger partial charge in [-0.25, -0.2) is 0 Å². The van der Waals surface area contributed by atoms with Crippen LogP contribution in [0.25, 0.3) is 15.6 Å². The predicted octanol–water partition coefficient (Wildman–Crippen LogP) is 5.03. The van der Waals surface area contributed by atoms with Crippen molar-refractivity contribution in [2.75, 3.05) is 0 Å². The van der Waals surface area contributed by atoms with Crippen LogP contribution >= 0.6 is 23.2 Å². The quantitative estimate of drug-likeness (QED) is 0.375. The van der Waals surface area contributed by atoms with Crippen molar-refractivity contribution in [2.24, 2.45) is 0 Å². The normalized spacial score (nSPS) is 8.93. The maximum Gasteiger partial charge on any atom is 0.292 e. The molecular weight excluding hydrogens is 407 g/mol. The molecule has 0 aliphatic carbocycles. The fourth-order valence-corrected chi connectivity index (χ4v) is 2.66. The fourth-order valence-electron chi connectivity index (χ4n) is 2.25. The summed E-state index contributed by atoms with van der Waals surface area (Å²) in [4.78, 5) is 9.70. The number of nitriles is 2. The molecule has 10 heteroatoms. The van der Waals surface area contributed by atoms with Crippen LogP contribution in [0.15, 0.2) is 40.9 Å². The number of hydrogen-bond acceptors (Lipinski definition) is 6. The van der Waals surface area contributed by atoms with Gasteiger partial charge in [-0.15, -0.1) is 10.5 Å². The molecule has 8 nitrogen and oxygen atoms in total. The standard InChI is InChI=1S/C18H6Cl2N4O4/c1-23-27-12-4-5-15(26-10-22)13(8-12)17(18(19)20)14-7-11(25-9-21)3-6-16(14)28-24-2/h3-8H. The lowest BCUT2D eigenvalue weighted by Gasteiger charge is -2.13. The van der Waals surface area contributed by atoms with E-state index in [1.54, 1.807) is 0 Å². The lowest BCUT2D eigenvalue weighted by atomic mass is 9.97. The summed E-state index contributed by atoms with van der Waals surface area (Å²) in [5.74, 6) is 0.347. The first kappa shape index (κ1) is 20.2. The molecular formula is C18H6Cl2N4O4. The zero-order valence-corrected chi connectivity index (χ0v) is 15.2. The van der Waals surface area contributed by atoms with E-state index in [9.17, 15) is 0 Å². The van der Waals surface area contributed by atoms with Gasteiger partial charge in [0.25, 0.3) is 12.5 Å². The third kappa shape index (κ3) is 4.55. The van der Waals surface area contributed by atoms with Gasteiger partial charge in [-0.1, -0.05) is 23.2 Å². The maximum atomic E-state index is 8.91. The van der Waals surface area contributed by atoms with Gasteiger partial charge in [0, 0.05) is 22.8 Å². The summed E-state index contributed by atoms with van der Waals surface area (Å²) < 4.78 is 9.47. The van der Waals surface area contributed by atoms with E-state index in [0.717, 1.165) is 0 Å². The van der Waals surface area contributed by atoms with Gasteiger partial charge in [0.2, 0.25) is 11.5 Å². The van der Waals surface area contributed by atoms with Gasteiger partial charge in [-0.05, 0) is 40.3 Å². The van der Waals surface area contributed by atoms with Gasteiger partial charge < -0.3 is 9.47 Å². The zero-order chi connectivity index (χ0) is 20.5. The Kier molecular flexibility index (Phi) is 6.92. The van der Waals surface area contributed by atoms with E-state index in [-0.39, 0.29) is 44.2 Å². The molecule has 0 unspecified atom stereocenters. The fraction of sp³-hybridized carbons (Fsp3) is 0. The Hall–Kier alpha value is -4.08. The highest BCUT2D eigenvalue weighted by molar-refractivity contribution is 6.59. The van der Waals surface area contributed by atoms with Crippen LogP contribution < -0.4 is 19.1 Å². The molecule has 2 rings (SSSR count). The van der Waals surface area contributed by atoms with E-state index < -0.39 is 0 Å². The molecule has 0 amide bonds. The van der Waals surface area contributed by atoms with Crippen molar-refractivity contribution in [3.8, 4) is 35.5 Å². The molecule has 0 saturated carbocycles. The van der Waals surface area contributed by atoms with E-state index in [2.05, 4.69) is 10.0 Å². The number of halogens is 2. The van der Waals surface area contributed by atoms with E-state index in [1.165, 1.54) is 48.9 Å². The van der Waals surface area contributed by atoms with E-state index in [1.807, 2.05) is 0 Å². The molecule has 2 aromatic carbocycles. The minimum absolute atomic E-state index is 0.0495. The van der Waals surface area contributed by atoms with Gasteiger partial charge in [0.05, 0.1) is 0 Å². The second-order valence-corrected chi connectivity index (χ2v) is 5.65. The summed E-state index contributed by atoms with van der Waals surface area (Å²) in [7, 11) is 0. The largest absolute Gasteiger partial charge is 0.388 e. The van der Waals surface area contributed by atoms with Crippen molar-refractivity contribution in [2.45, 2.75) is 0 Å². The highest BCUT2D eigenvalue weighted by Gasteiger charge is 2.23. The first-order valence-corrected chi connectivity index (χ1v) is 7.84. The average Bonchev–Trinajstić information content (AvgIpc) is 2.66. The van der Waals surface area contributed by atoms with Crippen molar-refractivity contribution in [3.05, 3.63) is 75.2 Å². The highest BCUT2D eigenvalue weighted by atomic mass is 35.5. The molecule has 0 aliphatic rings. The molecule has 0 bridgehead atoms. The van der Waals surface area contributed by atoms with Crippen molar-refractivity contribution in [3.63, 3.8) is 0 Å². The Morgan fingerprint density at radius 2 is 1.39 bits per heavy atom. The first-order valence-electron chi connectivity index (χ1n) is 7.09. The number of nitrogens with zero attached hydrogens (tertiary/aromatic N) is 4. The smallest absolute Gasteiger partial charge is 0.292 e. The van der Waals surface area contributed by atoms with Gasteiger partial charge in [0.15, 0.2) is 0 Å². The number of rotatable bonds is 6. The van der Waals surface area contributed by atoms with Crippen molar-refractivity contribution in [1.29, 1.82) is 10.5 Å². The van der Waals surface area contributed by atoms with E-state index in [4.69, 9.17) is 66.0 Å². The molecule has 28 heavy (non-hydrogen) atoms. The Morgan fingerprint density at radius 1 is 0.821 bits per heavy atom. The van der Waals surface area contributed by atoms with Crippen molar-refractivity contribution < 1.29 is 19.1 Å². The zero-order valence-electron chi connectivity index (χ0n) is 13.6.